The van der Waals surface area contributed by atoms with Crippen molar-refractivity contribution in [3.63, 3.8) is 0 Å². The molecule has 0 fully saturated rings. The van der Waals surface area contributed by atoms with Crippen molar-refractivity contribution in [2.75, 3.05) is 13.2 Å². The summed E-state index contributed by atoms with van der Waals surface area (Å²) in [5.41, 5.74) is 0. The first-order chi connectivity index (χ1) is 40.5. The topological polar surface area (TPSA) is 78.9 Å². The van der Waals surface area contributed by atoms with Crippen molar-refractivity contribution in [1.29, 1.82) is 0 Å². The zero-order chi connectivity index (χ0) is 59.2. The van der Waals surface area contributed by atoms with E-state index < -0.39 is 6.10 Å². The van der Waals surface area contributed by atoms with Crippen LogP contribution >= 0.6 is 0 Å². The van der Waals surface area contributed by atoms with Crippen LogP contribution in [0.4, 0.5) is 0 Å². The number of ether oxygens (including phenoxy) is 3. The van der Waals surface area contributed by atoms with Crippen LogP contribution in [-0.2, 0) is 28.6 Å². The molecular weight excluding hydrogens is 1010 g/mol. The predicted octanol–water partition coefficient (Wildman–Crippen LogP) is 25.5. The third-order valence-electron chi connectivity index (χ3n) is 16.9. The van der Waals surface area contributed by atoms with Gasteiger partial charge < -0.3 is 14.2 Å². The average Bonchev–Trinajstić information content (AvgIpc) is 3.47. The third-order valence-corrected chi connectivity index (χ3v) is 16.9. The Balaban J connectivity index is 4.12. The molecule has 0 radical (unpaired) electrons. The van der Waals surface area contributed by atoms with E-state index in [0.717, 1.165) is 77.0 Å². The molecule has 1 unspecified atom stereocenters. The normalized spacial score (nSPS) is 12.2. The van der Waals surface area contributed by atoms with Gasteiger partial charge in [0.1, 0.15) is 13.2 Å². The van der Waals surface area contributed by atoms with Crippen molar-refractivity contribution in [3.05, 3.63) is 36.5 Å². The number of hydrogen-bond acceptors (Lipinski definition) is 6. The standard InChI is InChI=1S/C76H142O6/c1-4-7-10-13-16-19-22-25-28-30-31-32-33-34-35-36-37-38-39-40-41-42-43-44-45-46-49-51-54-57-60-63-66-69-75(78)81-72-73(71-80-74(77)68-65-62-59-56-53-50-47-27-24-21-18-15-12-9-6-3)82-76(79)70-67-64-61-58-55-52-48-29-26-23-20-17-14-11-8-5-2/h20,23,29-31,48,73H,4-19,21-22,24-28,32-47,49-72H2,1-3H3/b23-20-,31-30-,48-29-. The highest BCUT2D eigenvalue weighted by molar-refractivity contribution is 5.71. The number of rotatable bonds is 69. The third kappa shape index (κ3) is 68.4. The lowest BCUT2D eigenvalue weighted by Crippen LogP contribution is -2.30. The lowest BCUT2D eigenvalue weighted by molar-refractivity contribution is -0.167. The van der Waals surface area contributed by atoms with Gasteiger partial charge in [-0.3, -0.25) is 14.4 Å². The summed E-state index contributed by atoms with van der Waals surface area (Å²) in [6.07, 6.45) is 89.1. The smallest absolute Gasteiger partial charge is 0.306 e. The fraction of sp³-hybridized carbons (Fsp3) is 0.882. The lowest BCUT2D eigenvalue weighted by atomic mass is 10.0. The van der Waals surface area contributed by atoms with Crippen LogP contribution in [0.2, 0.25) is 0 Å². The van der Waals surface area contributed by atoms with Gasteiger partial charge in [0.2, 0.25) is 0 Å². The molecule has 0 aromatic carbocycles. The minimum atomic E-state index is -0.777. The van der Waals surface area contributed by atoms with Gasteiger partial charge in [0, 0.05) is 19.3 Å². The van der Waals surface area contributed by atoms with Gasteiger partial charge in [-0.05, 0) is 77.0 Å². The predicted molar refractivity (Wildman–Crippen MR) is 358 cm³/mol. The first kappa shape index (κ1) is 79.6. The molecule has 1 atom stereocenters. The van der Waals surface area contributed by atoms with Crippen LogP contribution in [0.25, 0.3) is 0 Å². The molecule has 0 aliphatic carbocycles. The van der Waals surface area contributed by atoms with E-state index in [-0.39, 0.29) is 31.1 Å². The van der Waals surface area contributed by atoms with E-state index in [2.05, 4.69) is 57.2 Å². The molecule has 0 spiro atoms. The van der Waals surface area contributed by atoms with Gasteiger partial charge in [-0.25, -0.2) is 0 Å². The maximum absolute atomic E-state index is 12.9. The molecule has 0 saturated heterocycles. The van der Waals surface area contributed by atoms with Crippen molar-refractivity contribution >= 4 is 17.9 Å². The molecule has 82 heavy (non-hydrogen) atoms. The van der Waals surface area contributed by atoms with E-state index in [1.165, 1.54) is 295 Å². The number of hydrogen-bond donors (Lipinski definition) is 0. The zero-order valence-electron chi connectivity index (χ0n) is 55.5. The molecule has 0 saturated carbocycles. The van der Waals surface area contributed by atoms with Crippen LogP contribution in [0.1, 0.15) is 412 Å². The molecule has 0 rings (SSSR count). The van der Waals surface area contributed by atoms with Crippen LogP contribution in [-0.4, -0.2) is 37.2 Å². The number of carbonyl (C=O) groups is 3. The van der Waals surface area contributed by atoms with Gasteiger partial charge in [-0.2, -0.15) is 0 Å². The Labute approximate surface area is 512 Å². The Morgan fingerprint density at radius 3 is 0.695 bits per heavy atom. The highest BCUT2D eigenvalue weighted by Gasteiger charge is 2.19. The monoisotopic (exact) mass is 1150 g/mol. The Hall–Kier alpha value is -2.37. The van der Waals surface area contributed by atoms with Crippen molar-refractivity contribution < 1.29 is 28.6 Å². The Morgan fingerprint density at radius 2 is 0.439 bits per heavy atom. The second kappa shape index (κ2) is 71.1. The summed E-state index contributed by atoms with van der Waals surface area (Å²) < 4.78 is 17.0. The van der Waals surface area contributed by atoms with Gasteiger partial charge in [0.15, 0.2) is 6.10 Å². The van der Waals surface area contributed by atoms with Gasteiger partial charge in [0.25, 0.3) is 0 Å². The summed E-state index contributed by atoms with van der Waals surface area (Å²) in [4.78, 5) is 38.4. The van der Waals surface area contributed by atoms with Crippen molar-refractivity contribution in [2.45, 2.75) is 419 Å². The zero-order valence-corrected chi connectivity index (χ0v) is 55.5. The Bertz CT molecular complexity index is 1370. The summed E-state index contributed by atoms with van der Waals surface area (Å²) in [6, 6.07) is 0. The van der Waals surface area contributed by atoms with E-state index in [0.29, 0.717) is 19.3 Å². The molecule has 0 aromatic rings. The average molecular weight is 1150 g/mol. The summed E-state index contributed by atoms with van der Waals surface area (Å²) in [7, 11) is 0. The highest BCUT2D eigenvalue weighted by atomic mass is 16.6. The lowest BCUT2D eigenvalue weighted by Gasteiger charge is -2.18. The maximum Gasteiger partial charge on any atom is 0.306 e. The summed E-state index contributed by atoms with van der Waals surface area (Å²) in [5, 5.41) is 0. The SMILES string of the molecule is CCCCCC/C=C\C/C=C\CCCCCCCC(=O)OC(COC(=O)CCCCCCCCCCCCCCCCC)COC(=O)CCCCCCCCCCCCCCCCCCCCCCC/C=C\CCCCCCCCCC. The quantitative estimate of drug-likeness (QED) is 0.0261. The van der Waals surface area contributed by atoms with E-state index in [4.69, 9.17) is 14.2 Å². The second-order valence-corrected chi connectivity index (χ2v) is 25.2. The van der Waals surface area contributed by atoms with Crippen LogP contribution in [0.3, 0.4) is 0 Å². The van der Waals surface area contributed by atoms with Gasteiger partial charge >= 0.3 is 17.9 Å². The number of esters is 3. The molecule has 0 aliphatic heterocycles. The highest BCUT2D eigenvalue weighted by Crippen LogP contribution is 2.19. The minimum Gasteiger partial charge on any atom is -0.462 e. The van der Waals surface area contributed by atoms with Gasteiger partial charge in [0.05, 0.1) is 0 Å². The van der Waals surface area contributed by atoms with E-state index in [9.17, 15) is 14.4 Å². The summed E-state index contributed by atoms with van der Waals surface area (Å²) in [6.45, 7) is 6.69. The minimum absolute atomic E-state index is 0.0720. The fourth-order valence-electron chi connectivity index (χ4n) is 11.3. The number of allylic oxidation sites excluding steroid dienone is 6. The van der Waals surface area contributed by atoms with Crippen LogP contribution in [0, 0.1) is 0 Å². The van der Waals surface area contributed by atoms with E-state index in [1.54, 1.807) is 0 Å². The molecule has 482 valence electrons. The van der Waals surface area contributed by atoms with Crippen molar-refractivity contribution in [2.24, 2.45) is 0 Å². The molecule has 0 aromatic heterocycles. The molecule has 0 bridgehead atoms. The Kier molecular flexibility index (Phi) is 69.1. The molecule has 6 heteroatoms. The van der Waals surface area contributed by atoms with Crippen LogP contribution < -0.4 is 0 Å². The van der Waals surface area contributed by atoms with Crippen molar-refractivity contribution in [1.82, 2.24) is 0 Å². The Morgan fingerprint density at radius 1 is 0.244 bits per heavy atom. The molecule has 0 amide bonds. The molecule has 0 heterocycles. The van der Waals surface area contributed by atoms with Gasteiger partial charge in [-0.15, -0.1) is 0 Å². The van der Waals surface area contributed by atoms with E-state index in [1.807, 2.05) is 0 Å². The number of unbranched alkanes of at least 4 members (excludes halogenated alkanes) is 52. The maximum atomic E-state index is 12.9. The first-order valence-corrected chi connectivity index (χ1v) is 37.0. The van der Waals surface area contributed by atoms with Crippen LogP contribution in [0.15, 0.2) is 36.5 Å². The van der Waals surface area contributed by atoms with E-state index >= 15 is 0 Å². The van der Waals surface area contributed by atoms with Crippen LogP contribution in [0.5, 0.6) is 0 Å². The van der Waals surface area contributed by atoms with Crippen molar-refractivity contribution in [3.8, 4) is 0 Å². The number of carbonyl (C=O) groups excluding carboxylic acids is 3. The summed E-state index contributed by atoms with van der Waals surface area (Å²) >= 11 is 0. The first-order valence-electron chi connectivity index (χ1n) is 37.0. The molecule has 0 aliphatic rings. The summed E-state index contributed by atoms with van der Waals surface area (Å²) in [5.74, 6) is -0.855. The molecule has 0 N–H and O–H groups in total. The molecule has 6 nitrogen and oxygen atoms in total. The molecular formula is C76H142O6. The second-order valence-electron chi connectivity index (χ2n) is 25.2. The largest absolute Gasteiger partial charge is 0.462 e. The fourth-order valence-corrected chi connectivity index (χ4v) is 11.3. The van der Waals surface area contributed by atoms with Gasteiger partial charge in [-0.1, -0.05) is 353 Å².